The average molecular weight is 334 g/mol. The third-order valence-corrected chi connectivity index (χ3v) is 4.25. The molecule has 0 saturated carbocycles. The van der Waals surface area contributed by atoms with Gasteiger partial charge in [-0.15, -0.1) is 0 Å². The predicted octanol–water partition coefficient (Wildman–Crippen LogP) is 2.22. The molecule has 1 aromatic heterocycles. The summed E-state index contributed by atoms with van der Waals surface area (Å²) in [7, 11) is 0. The van der Waals surface area contributed by atoms with Crippen LogP contribution >= 0.6 is 0 Å². The highest BCUT2D eigenvalue weighted by Gasteiger charge is 2.29. The SMILES string of the molecule is CC(C)C(C)(CO)NC(=O)NCc1ccc(-n2ccnc2)c(F)c1. The first-order chi connectivity index (χ1) is 11.4. The van der Waals surface area contributed by atoms with Crippen molar-refractivity contribution in [2.45, 2.75) is 32.9 Å². The molecule has 1 heterocycles. The van der Waals surface area contributed by atoms with Gasteiger partial charge >= 0.3 is 6.03 Å². The second-order valence-electron chi connectivity index (χ2n) is 6.29. The van der Waals surface area contributed by atoms with Crippen molar-refractivity contribution in [2.24, 2.45) is 5.92 Å². The lowest BCUT2D eigenvalue weighted by Crippen LogP contribution is -2.55. The van der Waals surface area contributed by atoms with Crippen LogP contribution in [0.5, 0.6) is 0 Å². The first-order valence-corrected chi connectivity index (χ1v) is 7.79. The number of hydrogen-bond donors (Lipinski definition) is 3. The predicted molar refractivity (Wildman–Crippen MR) is 89.2 cm³/mol. The number of carbonyl (C=O) groups is 1. The fraction of sp³-hybridized carbons (Fsp3) is 0.412. The zero-order valence-electron chi connectivity index (χ0n) is 14.1. The van der Waals surface area contributed by atoms with Crippen molar-refractivity contribution in [2.75, 3.05) is 6.61 Å². The molecule has 1 atom stereocenters. The molecule has 2 rings (SSSR count). The molecule has 0 bridgehead atoms. The fourth-order valence-corrected chi connectivity index (χ4v) is 2.12. The van der Waals surface area contributed by atoms with E-state index in [1.165, 1.54) is 12.4 Å². The van der Waals surface area contributed by atoms with Gasteiger partial charge in [0.15, 0.2) is 0 Å². The number of aliphatic hydroxyl groups excluding tert-OH is 1. The smallest absolute Gasteiger partial charge is 0.315 e. The van der Waals surface area contributed by atoms with E-state index in [2.05, 4.69) is 15.6 Å². The van der Waals surface area contributed by atoms with Crippen LogP contribution in [0.1, 0.15) is 26.3 Å². The van der Waals surface area contributed by atoms with E-state index in [0.29, 0.717) is 11.3 Å². The molecule has 6 nitrogen and oxygen atoms in total. The van der Waals surface area contributed by atoms with Gasteiger partial charge in [0.1, 0.15) is 5.82 Å². The summed E-state index contributed by atoms with van der Waals surface area (Å²) in [5, 5.41) is 14.9. The normalized spacial score (nSPS) is 13.6. The molecule has 130 valence electrons. The number of imidazole rings is 1. The van der Waals surface area contributed by atoms with Crippen LogP contribution in [0.25, 0.3) is 5.69 Å². The number of carbonyl (C=O) groups excluding carboxylic acids is 1. The number of aliphatic hydroxyl groups is 1. The number of aromatic nitrogens is 2. The third-order valence-electron chi connectivity index (χ3n) is 4.25. The molecule has 0 saturated heterocycles. The van der Waals surface area contributed by atoms with E-state index in [0.717, 1.165) is 0 Å². The second-order valence-corrected chi connectivity index (χ2v) is 6.29. The number of rotatable bonds is 6. The zero-order valence-corrected chi connectivity index (χ0v) is 14.1. The van der Waals surface area contributed by atoms with E-state index < -0.39 is 17.4 Å². The summed E-state index contributed by atoms with van der Waals surface area (Å²) in [5.74, 6) is -0.324. The number of benzene rings is 1. The Kier molecular flexibility index (Phi) is 5.56. The average Bonchev–Trinajstić information content (AvgIpc) is 3.06. The van der Waals surface area contributed by atoms with E-state index in [-0.39, 0.29) is 19.1 Å². The van der Waals surface area contributed by atoms with Crippen molar-refractivity contribution >= 4 is 6.03 Å². The molecule has 0 spiro atoms. The van der Waals surface area contributed by atoms with E-state index in [1.54, 1.807) is 36.0 Å². The Bertz CT molecular complexity index is 688. The van der Waals surface area contributed by atoms with Gasteiger partial charge in [0.05, 0.1) is 24.2 Å². The van der Waals surface area contributed by atoms with E-state index in [4.69, 9.17) is 0 Å². The van der Waals surface area contributed by atoms with Gasteiger partial charge < -0.3 is 20.3 Å². The molecule has 2 aromatic rings. The Morgan fingerprint density at radius 3 is 2.75 bits per heavy atom. The molecule has 0 fully saturated rings. The summed E-state index contributed by atoms with van der Waals surface area (Å²) >= 11 is 0. The number of urea groups is 1. The Morgan fingerprint density at radius 2 is 2.21 bits per heavy atom. The maximum atomic E-state index is 14.2. The molecule has 1 unspecified atom stereocenters. The van der Waals surface area contributed by atoms with Gasteiger partial charge in [-0.1, -0.05) is 19.9 Å². The number of amides is 2. The van der Waals surface area contributed by atoms with Gasteiger partial charge in [-0.05, 0) is 30.5 Å². The van der Waals surface area contributed by atoms with Crippen LogP contribution in [0, 0.1) is 11.7 Å². The lowest BCUT2D eigenvalue weighted by atomic mass is 9.89. The van der Waals surface area contributed by atoms with Crippen molar-refractivity contribution in [3.8, 4) is 5.69 Å². The van der Waals surface area contributed by atoms with Gasteiger partial charge in [0.2, 0.25) is 0 Å². The third kappa shape index (κ3) is 4.11. The van der Waals surface area contributed by atoms with Crippen LogP contribution in [-0.2, 0) is 6.54 Å². The minimum absolute atomic E-state index is 0.0696. The van der Waals surface area contributed by atoms with Crippen LogP contribution in [-0.4, -0.2) is 32.8 Å². The summed E-state index contributed by atoms with van der Waals surface area (Å²) in [6.07, 6.45) is 4.75. The molecule has 0 aliphatic heterocycles. The Labute approximate surface area is 140 Å². The second kappa shape index (κ2) is 7.44. The van der Waals surface area contributed by atoms with Gasteiger partial charge in [-0.25, -0.2) is 14.2 Å². The minimum Gasteiger partial charge on any atom is -0.394 e. The highest BCUT2D eigenvalue weighted by atomic mass is 19.1. The summed E-state index contributed by atoms with van der Waals surface area (Å²) in [6.45, 7) is 5.64. The summed E-state index contributed by atoms with van der Waals surface area (Å²) in [4.78, 5) is 15.9. The van der Waals surface area contributed by atoms with Crippen LogP contribution in [0.2, 0.25) is 0 Å². The topological polar surface area (TPSA) is 79.2 Å². The maximum Gasteiger partial charge on any atom is 0.315 e. The largest absolute Gasteiger partial charge is 0.394 e. The number of nitrogens with one attached hydrogen (secondary N) is 2. The van der Waals surface area contributed by atoms with Crippen molar-refractivity contribution < 1.29 is 14.3 Å². The van der Waals surface area contributed by atoms with Crippen LogP contribution in [0.15, 0.2) is 36.9 Å². The molecule has 2 amide bonds. The Balaban J connectivity index is 1.97. The van der Waals surface area contributed by atoms with Gasteiger partial charge in [0.25, 0.3) is 0 Å². The summed E-state index contributed by atoms with van der Waals surface area (Å²) < 4.78 is 15.7. The van der Waals surface area contributed by atoms with Crippen molar-refractivity contribution in [1.82, 2.24) is 20.2 Å². The molecule has 3 N–H and O–H groups in total. The highest BCUT2D eigenvalue weighted by molar-refractivity contribution is 5.74. The van der Waals surface area contributed by atoms with Crippen molar-refractivity contribution in [1.29, 1.82) is 0 Å². The van der Waals surface area contributed by atoms with Gasteiger partial charge in [-0.3, -0.25) is 0 Å². The van der Waals surface area contributed by atoms with E-state index in [1.807, 2.05) is 13.8 Å². The first kappa shape index (κ1) is 17.9. The number of halogens is 1. The lowest BCUT2D eigenvalue weighted by molar-refractivity contribution is 0.136. The molecule has 0 radical (unpaired) electrons. The lowest BCUT2D eigenvalue weighted by Gasteiger charge is -2.32. The van der Waals surface area contributed by atoms with Gasteiger partial charge in [-0.2, -0.15) is 0 Å². The highest BCUT2D eigenvalue weighted by Crippen LogP contribution is 2.16. The monoisotopic (exact) mass is 334 g/mol. The maximum absolute atomic E-state index is 14.2. The van der Waals surface area contributed by atoms with Crippen molar-refractivity contribution in [3.05, 3.63) is 48.3 Å². The Hall–Kier alpha value is -2.41. The molecular weight excluding hydrogens is 311 g/mol. The number of nitrogens with zero attached hydrogens (tertiary/aromatic N) is 2. The molecule has 7 heteroatoms. The zero-order chi connectivity index (χ0) is 17.7. The van der Waals surface area contributed by atoms with Crippen LogP contribution in [0.4, 0.5) is 9.18 Å². The molecular formula is C17H23FN4O2. The molecule has 0 aliphatic rings. The minimum atomic E-state index is -0.708. The molecule has 1 aromatic carbocycles. The van der Waals surface area contributed by atoms with E-state index in [9.17, 15) is 14.3 Å². The van der Waals surface area contributed by atoms with E-state index >= 15 is 0 Å². The summed E-state index contributed by atoms with van der Waals surface area (Å²) in [6, 6.07) is 4.35. The quantitative estimate of drug-likeness (QED) is 0.758. The van der Waals surface area contributed by atoms with Gasteiger partial charge in [0, 0.05) is 18.9 Å². The first-order valence-electron chi connectivity index (χ1n) is 7.79. The van der Waals surface area contributed by atoms with Crippen LogP contribution in [0.3, 0.4) is 0 Å². The molecule has 0 aliphatic carbocycles. The fourth-order valence-electron chi connectivity index (χ4n) is 2.12. The van der Waals surface area contributed by atoms with Crippen LogP contribution < -0.4 is 10.6 Å². The standard InChI is InChI=1S/C17H23FN4O2/c1-12(2)17(3,10-23)21-16(24)20-9-13-4-5-15(14(18)8-13)22-7-6-19-11-22/h4-8,11-12,23H,9-10H2,1-3H3,(H2,20,21,24). The number of hydrogen-bond acceptors (Lipinski definition) is 3. The Morgan fingerprint density at radius 1 is 1.46 bits per heavy atom. The molecule has 24 heavy (non-hydrogen) atoms. The summed E-state index contributed by atoms with van der Waals surface area (Å²) in [5.41, 5.74) is 0.329. The van der Waals surface area contributed by atoms with Crippen molar-refractivity contribution in [3.63, 3.8) is 0 Å².